The van der Waals surface area contributed by atoms with E-state index in [4.69, 9.17) is 4.52 Å². The van der Waals surface area contributed by atoms with Gasteiger partial charge in [-0.05, 0) is 18.4 Å². The van der Waals surface area contributed by atoms with Crippen molar-refractivity contribution in [1.29, 1.82) is 0 Å². The lowest BCUT2D eigenvalue weighted by Gasteiger charge is -2.18. The van der Waals surface area contributed by atoms with Crippen molar-refractivity contribution in [2.24, 2.45) is 4.99 Å². The van der Waals surface area contributed by atoms with Crippen LogP contribution in [0.4, 0.5) is 0 Å². The monoisotopic (exact) mass is 299 g/mol. The van der Waals surface area contributed by atoms with Gasteiger partial charge >= 0.3 is 0 Å². The first-order valence-electron chi connectivity index (χ1n) is 7.51. The third-order valence-electron chi connectivity index (χ3n) is 4.04. The molecule has 0 saturated heterocycles. The summed E-state index contributed by atoms with van der Waals surface area (Å²) in [6.07, 6.45) is 2.43. The van der Waals surface area contributed by atoms with Crippen LogP contribution in [0.15, 0.2) is 39.8 Å². The van der Waals surface area contributed by atoms with Crippen molar-refractivity contribution in [1.82, 2.24) is 20.8 Å². The first-order chi connectivity index (χ1) is 10.7. The second-order valence-electron chi connectivity index (χ2n) is 5.66. The molecule has 22 heavy (non-hydrogen) atoms. The molecule has 2 aromatic rings. The second kappa shape index (κ2) is 6.17. The van der Waals surface area contributed by atoms with Gasteiger partial charge in [-0.25, -0.2) is 0 Å². The summed E-state index contributed by atoms with van der Waals surface area (Å²) in [5.74, 6) is 1.95. The van der Waals surface area contributed by atoms with Crippen LogP contribution in [0.3, 0.4) is 0 Å². The van der Waals surface area contributed by atoms with E-state index in [-0.39, 0.29) is 5.41 Å². The molecule has 0 spiro atoms. The maximum Gasteiger partial charge on any atom is 0.223 e. The zero-order valence-corrected chi connectivity index (χ0v) is 13.0. The molecule has 0 radical (unpaired) electrons. The van der Waals surface area contributed by atoms with Crippen LogP contribution in [0.2, 0.25) is 0 Å². The minimum absolute atomic E-state index is 0.252. The number of nitrogens with zero attached hydrogens (tertiary/aromatic N) is 3. The summed E-state index contributed by atoms with van der Waals surface area (Å²) in [5.41, 5.74) is 1.65. The zero-order valence-electron chi connectivity index (χ0n) is 13.0. The van der Waals surface area contributed by atoms with Crippen molar-refractivity contribution >= 4 is 5.96 Å². The van der Waals surface area contributed by atoms with E-state index in [2.05, 4.69) is 56.1 Å². The van der Waals surface area contributed by atoms with E-state index >= 15 is 0 Å². The molecule has 1 saturated carbocycles. The van der Waals surface area contributed by atoms with Crippen molar-refractivity contribution in [2.45, 2.75) is 31.7 Å². The first kappa shape index (κ1) is 14.6. The van der Waals surface area contributed by atoms with Crippen LogP contribution in [0.25, 0.3) is 0 Å². The lowest BCUT2D eigenvalue weighted by atomic mass is 9.96. The maximum atomic E-state index is 4.95. The van der Waals surface area contributed by atoms with Crippen LogP contribution < -0.4 is 10.6 Å². The molecule has 1 aliphatic carbocycles. The Morgan fingerprint density at radius 1 is 1.27 bits per heavy atom. The fraction of sp³-hybridized carbons (Fsp3) is 0.438. The first-order valence-corrected chi connectivity index (χ1v) is 7.51. The fourth-order valence-electron chi connectivity index (χ4n) is 2.56. The lowest BCUT2D eigenvalue weighted by Crippen LogP contribution is -2.41. The van der Waals surface area contributed by atoms with Gasteiger partial charge in [0.2, 0.25) is 5.89 Å². The van der Waals surface area contributed by atoms with Crippen LogP contribution in [-0.2, 0) is 12.0 Å². The maximum absolute atomic E-state index is 4.95. The summed E-state index contributed by atoms with van der Waals surface area (Å²) in [6, 6.07) is 10.7. The molecule has 0 unspecified atom stereocenters. The van der Waals surface area contributed by atoms with Gasteiger partial charge in [-0.3, -0.25) is 4.99 Å². The van der Waals surface area contributed by atoms with Gasteiger partial charge in [0, 0.05) is 25.9 Å². The Morgan fingerprint density at radius 3 is 2.64 bits per heavy atom. The van der Waals surface area contributed by atoms with Crippen molar-refractivity contribution in [3.05, 3.63) is 47.6 Å². The molecule has 2 N–H and O–H groups in total. The van der Waals surface area contributed by atoms with Gasteiger partial charge in [0.25, 0.3) is 0 Å². The molecular weight excluding hydrogens is 278 g/mol. The van der Waals surface area contributed by atoms with Gasteiger partial charge in [0.1, 0.15) is 0 Å². The van der Waals surface area contributed by atoms with Crippen molar-refractivity contribution in [2.75, 3.05) is 13.6 Å². The largest absolute Gasteiger partial charge is 0.356 e. The molecule has 0 aliphatic heterocycles. The van der Waals surface area contributed by atoms with Crippen LogP contribution >= 0.6 is 0 Å². The summed E-state index contributed by atoms with van der Waals surface area (Å²) in [7, 11) is 1.76. The van der Waals surface area contributed by atoms with E-state index in [9.17, 15) is 0 Å². The van der Waals surface area contributed by atoms with Gasteiger partial charge < -0.3 is 15.2 Å². The molecule has 3 rings (SSSR count). The number of nitrogens with one attached hydrogen (secondary N) is 2. The highest BCUT2D eigenvalue weighted by atomic mass is 16.5. The van der Waals surface area contributed by atoms with E-state index in [1.807, 2.05) is 0 Å². The number of aliphatic imine (C=N–C) groups is 1. The third-order valence-corrected chi connectivity index (χ3v) is 4.04. The van der Waals surface area contributed by atoms with Gasteiger partial charge in [0.15, 0.2) is 11.8 Å². The van der Waals surface area contributed by atoms with E-state index < -0.39 is 0 Å². The average Bonchev–Trinajstić information content (AvgIpc) is 3.24. The van der Waals surface area contributed by atoms with Crippen LogP contribution in [0.1, 0.15) is 30.1 Å². The number of rotatable bonds is 5. The molecule has 116 valence electrons. The Bertz CT molecular complexity index is 646. The number of hydrogen-bond donors (Lipinski definition) is 2. The molecule has 0 bridgehead atoms. The number of aromatic nitrogens is 2. The molecule has 0 amide bonds. The van der Waals surface area contributed by atoms with Gasteiger partial charge in [0.05, 0.1) is 6.54 Å². The summed E-state index contributed by atoms with van der Waals surface area (Å²) in [4.78, 5) is 8.41. The highest BCUT2D eigenvalue weighted by Crippen LogP contribution is 2.47. The third kappa shape index (κ3) is 3.27. The lowest BCUT2D eigenvalue weighted by molar-refractivity contribution is 0.386. The zero-order chi connectivity index (χ0) is 15.4. The normalized spacial score (nSPS) is 16.4. The molecule has 1 fully saturated rings. The van der Waals surface area contributed by atoms with Crippen LogP contribution in [-0.4, -0.2) is 29.7 Å². The standard InChI is InChI=1S/C16H21N5O/c1-12-20-14(21-22-12)10-18-15(17-2)19-11-16(8-9-16)13-6-4-3-5-7-13/h3-7H,8-11H2,1-2H3,(H2,17,18,19). The smallest absolute Gasteiger partial charge is 0.223 e. The molecule has 1 heterocycles. The molecule has 6 nitrogen and oxygen atoms in total. The van der Waals surface area contributed by atoms with Crippen molar-refractivity contribution in [3.63, 3.8) is 0 Å². The Labute approximate surface area is 130 Å². The predicted octanol–water partition coefficient (Wildman–Crippen LogP) is 1.77. The quantitative estimate of drug-likeness (QED) is 0.650. The summed E-state index contributed by atoms with van der Waals surface area (Å²) in [5, 5.41) is 10.5. The summed E-state index contributed by atoms with van der Waals surface area (Å²) >= 11 is 0. The predicted molar refractivity (Wildman–Crippen MR) is 84.6 cm³/mol. The van der Waals surface area contributed by atoms with Crippen molar-refractivity contribution in [3.8, 4) is 0 Å². The van der Waals surface area contributed by atoms with Crippen molar-refractivity contribution < 1.29 is 4.52 Å². The van der Waals surface area contributed by atoms with Crippen LogP contribution in [0.5, 0.6) is 0 Å². The number of guanidine groups is 1. The van der Waals surface area contributed by atoms with Crippen LogP contribution in [0, 0.1) is 6.92 Å². The highest BCUT2D eigenvalue weighted by molar-refractivity contribution is 5.79. The minimum atomic E-state index is 0.252. The van der Waals surface area contributed by atoms with E-state index in [0.29, 0.717) is 18.3 Å². The van der Waals surface area contributed by atoms with E-state index in [0.717, 1.165) is 12.5 Å². The molecule has 1 aromatic heterocycles. The number of aryl methyl sites for hydroxylation is 1. The topological polar surface area (TPSA) is 75.3 Å². The molecule has 1 aromatic carbocycles. The Morgan fingerprint density at radius 2 is 2.05 bits per heavy atom. The minimum Gasteiger partial charge on any atom is -0.356 e. The summed E-state index contributed by atoms with van der Waals surface area (Å²) in [6.45, 7) is 3.15. The molecule has 1 aliphatic rings. The highest BCUT2D eigenvalue weighted by Gasteiger charge is 2.43. The van der Waals surface area contributed by atoms with E-state index in [1.54, 1.807) is 14.0 Å². The number of hydrogen-bond acceptors (Lipinski definition) is 4. The fourth-order valence-corrected chi connectivity index (χ4v) is 2.56. The second-order valence-corrected chi connectivity index (χ2v) is 5.66. The number of benzene rings is 1. The Hall–Kier alpha value is -2.37. The average molecular weight is 299 g/mol. The molecule has 0 atom stereocenters. The summed E-state index contributed by atoms with van der Waals surface area (Å²) < 4.78 is 4.95. The van der Waals surface area contributed by atoms with Gasteiger partial charge in [-0.2, -0.15) is 4.98 Å². The molecular formula is C16H21N5O. The SMILES string of the molecule is CN=C(NCc1noc(C)n1)NCC1(c2ccccc2)CC1. The molecule has 6 heteroatoms. The van der Waals surface area contributed by atoms with Gasteiger partial charge in [-0.1, -0.05) is 35.5 Å². The Balaban J connectivity index is 1.53. The van der Waals surface area contributed by atoms with E-state index in [1.165, 1.54) is 18.4 Å². The Kier molecular flexibility index (Phi) is 4.09. The van der Waals surface area contributed by atoms with Gasteiger partial charge in [-0.15, -0.1) is 0 Å².